The number of fused-ring (bicyclic) bond motifs is 1. The zero-order valence-corrected chi connectivity index (χ0v) is 14.1. The molecule has 0 atom stereocenters. The highest BCUT2D eigenvalue weighted by Gasteiger charge is 2.16. The van der Waals surface area contributed by atoms with E-state index in [1.807, 2.05) is 54.6 Å². The first-order valence-electron chi connectivity index (χ1n) is 8.07. The van der Waals surface area contributed by atoms with Crippen molar-refractivity contribution in [2.45, 2.75) is 6.92 Å². The van der Waals surface area contributed by atoms with Gasteiger partial charge >= 0.3 is 0 Å². The molecule has 1 N–H and O–H groups in total. The summed E-state index contributed by atoms with van der Waals surface area (Å²) in [6.45, 7) is 2.06. The standard InChI is InChI=1S/C20H18N4O/c1-14-8-10-15(11-9-14)19-20(25-2)24-18(22-19)13-12-17(23-24)21-16-6-4-3-5-7-16/h3-13H,1-2H3,(H,21,23). The maximum Gasteiger partial charge on any atom is 0.243 e. The second kappa shape index (κ2) is 6.28. The summed E-state index contributed by atoms with van der Waals surface area (Å²) in [5.74, 6) is 1.35. The molecule has 0 saturated carbocycles. The van der Waals surface area contributed by atoms with E-state index in [4.69, 9.17) is 4.74 Å². The molecule has 0 spiro atoms. The third kappa shape index (κ3) is 2.92. The second-order valence-corrected chi connectivity index (χ2v) is 5.82. The van der Waals surface area contributed by atoms with Crippen LogP contribution in [0.4, 0.5) is 11.5 Å². The van der Waals surface area contributed by atoms with Crippen LogP contribution >= 0.6 is 0 Å². The van der Waals surface area contributed by atoms with Crippen molar-refractivity contribution in [3.63, 3.8) is 0 Å². The number of ether oxygens (including phenoxy) is 1. The van der Waals surface area contributed by atoms with Crippen molar-refractivity contribution in [2.75, 3.05) is 12.4 Å². The lowest BCUT2D eigenvalue weighted by atomic mass is 10.1. The summed E-state index contributed by atoms with van der Waals surface area (Å²) >= 11 is 0. The Morgan fingerprint density at radius 1 is 0.920 bits per heavy atom. The lowest BCUT2D eigenvalue weighted by molar-refractivity contribution is 0.389. The fourth-order valence-electron chi connectivity index (χ4n) is 2.73. The number of nitrogens with zero attached hydrogens (tertiary/aromatic N) is 3. The van der Waals surface area contributed by atoms with Crippen LogP contribution in [-0.2, 0) is 0 Å². The van der Waals surface area contributed by atoms with Crippen LogP contribution in [0.25, 0.3) is 16.9 Å². The quantitative estimate of drug-likeness (QED) is 0.600. The number of aryl methyl sites for hydroxylation is 1. The molecule has 0 amide bonds. The summed E-state index contributed by atoms with van der Waals surface area (Å²) in [7, 11) is 1.64. The summed E-state index contributed by atoms with van der Waals surface area (Å²) in [4.78, 5) is 4.68. The molecule has 4 rings (SSSR count). The topological polar surface area (TPSA) is 51.5 Å². The predicted octanol–water partition coefficient (Wildman–Crippen LogP) is 4.46. The molecule has 0 aliphatic rings. The van der Waals surface area contributed by atoms with Gasteiger partial charge < -0.3 is 10.1 Å². The minimum absolute atomic E-state index is 0.621. The van der Waals surface area contributed by atoms with Crippen molar-refractivity contribution in [3.05, 3.63) is 72.3 Å². The van der Waals surface area contributed by atoms with E-state index in [9.17, 15) is 0 Å². The lowest BCUT2D eigenvalue weighted by Gasteiger charge is -2.07. The normalized spacial score (nSPS) is 10.8. The Morgan fingerprint density at radius 2 is 1.68 bits per heavy atom. The predicted molar refractivity (Wildman–Crippen MR) is 99.4 cm³/mol. The van der Waals surface area contributed by atoms with E-state index in [2.05, 4.69) is 34.5 Å². The van der Waals surface area contributed by atoms with E-state index in [1.54, 1.807) is 11.6 Å². The number of para-hydroxylation sites is 1. The number of rotatable bonds is 4. The van der Waals surface area contributed by atoms with Gasteiger partial charge in [-0.05, 0) is 31.2 Å². The first-order valence-corrected chi connectivity index (χ1v) is 8.07. The van der Waals surface area contributed by atoms with E-state index in [0.717, 1.165) is 28.4 Å². The van der Waals surface area contributed by atoms with E-state index in [-0.39, 0.29) is 0 Å². The zero-order chi connectivity index (χ0) is 17.2. The number of anilines is 2. The van der Waals surface area contributed by atoms with Crippen LogP contribution in [0.15, 0.2) is 66.7 Å². The molecule has 2 heterocycles. The highest BCUT2D eigenvalue weighted by molar-refractivity contribution is 5.70. The zero-order valence-electron chi connectivity index (χ0n) is 14.1. The van der Waals surface area contributed by atoms with Crippen LogP contribution in [-0.4, -0.2) is 21.7 Å². The molecule has 4 aromatic rings. The third-order valence-corrected chi connectivity index (χ3v) is 4.00. The molecular weight excluding hydrogens is 312 g/mol. The van der Waals surface area contributed by atoms with Crippen LogP contribution in [0.3, 0.4) is 0 Å². The van der Waals surface area contributed by atoms with Gasteiger partial charge in [-0.2, -0.15) is 4.52 Å². The Labute approximate surface area is 145 Å². The Balaban J connectivity index is 1.78. The summed E-state index contributed by atoms with van der Waals surface area (Å²) in [6.07, 6.45) is 0. The van der Waals surface area contributed by atoms with E-state index < -0.39 is 0 Å². The van der Waals surface area contributed by atoms with Crippen LogP contribution in [0.5, 0.6) is 5.88 Å². The summed E-state index contributed by atoms with van der Waals surface area (Å²) in [5, 5.41) is 7.91. The average Bonchev–Trinajstić information content (AvgIpc) is 3.01. The van der Waals surface area contributed by atoms with Crippen molar-refractivity contribution in [3.8, 4) is 17.1 Å². The van der Waals surface area contributed by atoms with Crippen molar-refractivity contribution in [1.82, 2.24) is 14.6 Å². The van der Waals surface area contributed by atoms with Gasteiger partial charge in [-0.1, -0.05) is 48.0 Å². The molecule has 5 nitrogen and oxygen atoms in total. The second-order valence-electron chi connectivity index (χ2n) is 5.82. The Morgan fingerprint density at radius 3 is 2.40 bits per heavy atom. The molecule has 25 heavy (non-hydrogen) atoms. The highest BCUT2D eigenvalue weighted by Crippen LogP contribution is 2.30. The number of methoxy groups -OCH3 is 1. The molecule has 0 aliphatic heterocycles. The summed E-state index contributed by atoms with van der Waals surface area (Å²) in [5.41, 5.74) is 4.72. The Hall–Kier alpha value is -3.34. The van der Waals surface area contributed by atoms with Gasteiger partial charge in [-0.3, -0.25) is 0 Å². The van der Waals surface area contributed by atoms with Gasteiger partial charge in [0.05, 0.1) is 7.11 Å². The number of aromatic nitrogens is 3. The minimum Gasteiger partial charge on any atom is -0.479 e. The van der Waals surface area contributed by atoms with Gasteiger partial charge in [-0.25, -0.2) is 4.98 Å². The van der Waals surface area contributed by atoms with Gasteiger partial charge in [0.2, 0.25) is 5.88 Å². The molecular formula is C20H18N4O. The number of nitrogens with one attached hydrogen (secondary N) is 1. The molecule has 2 aromatic carbocycles. The van der Waals surface area contributed by atoms with Gasteiger partial charge in [0, 0.05) is 11.3 Å². The van der Waals surface area contributed by atoms with Crippen LogP contribution in [0.1, 0.15) is 5.56 Å². The smallest absolute Gasteiger partial charge is 0.243 e. The number of hydrogen-bond acceptors (Lipinski definition) is 4. The Kier molecular flexibility index (Phi) is 3.82. The molecule has 124 valence electrons. The fourth-order valence-corrected chi connectivity index (χ4v) is 2.73. The lowest BCUT2D eigenvalue weighted by Crippen LogP contribution is -2.00. The van der Waals surface area contributed by atoms with E-state index >= 15 is 0 Å². The summed E-state index contributed by atoms with van der Waals surface area (Å²) in [6, 6.07) is 22.0. The van der Waals surface area contributed by atoms with Crippen LogP contribution in [0.2, 0.25) is 0 Å². The third-order valence-electron chi connectivity index (χ3n) is 4.00. The maximum atomic E-state index is 5.60. The first-order chi connectivity index (χ1) is 12.2. The summed E-state index contributed by atoms with van der Waals surface area (Å²) < 4.78 is 7.32. The molecule has 0 saturated heterocycles. The Bertz CT molecular complexity index is 1010. The SMILES string of the molecule is COc1c(-c2ccc(C)cc2)nc2ccc(Nc3ccccc3)nn12. The monoisotopic (exact) mass is 330 g/mol. The minimum atomic E-state index is 0.621. The van der Waals surface area contributed by atoms with Gasteiger partial charge in [0.15, 0.2) is 11.5 Å². The number of imidazole rings is 1. The largest absolute Gasteiger partial charge is 0.479 e. The number of benzene rings is 2. The first kappa shape index (κ1) is 15.2. The van der Waals surface area contributed by atoms with Crippen molar-refractivity contribution >= 4 is 17.2 Å². The average molecular weight is 330 g/mol. The molecule has 0 bridgehead atoms. The van der Waals surface area contributed by atoms with E-state index in [1.165, 1.54) is 5.56 Å². The van der Waals surface area contributed by atoms with E-state index in [0.29, 0.717) is 5.88 Å². The van der Waals surface area contributed by atoms with Gasteiger partial charge in [0.1, 0.15) is 5.69 Å². The van der Waals surface area contributed by atoms with Gasteiger partial charge in [0.25, 0.3) is 0 Å². The highest BCUT2D eigenvalue weighted by atomic mass is 16.5. The molecule has 0 unspecified atom stereocenters. The number of hydrogen-bond donors (Lipinski definition) is 1. The van der Waals surface area contributed by atoms with Crippen molar-refractivity contribution in [2.24, 2.45) is 0 Å². The van der Waals surface area contributed by atoms with Crippen molar-refractivity contribution in [1.29, 1.82) is 0 Å². The van der Waals surface area contributed by atoms with Crippen LogP contribution in [0, 0.1) is 6.92 Å². The molecule has 0 fully saturated rings. The maximum absolute atomic E-state index is 5.60. The van der Waals surface area contributed by atoms with Crippen LogP contribution < -0.4 is 10.1 Å². The van der Waals surface area contributed by atoms with Crippen molar-refractivity contribution < 1.29 is 4.74 Å². The molecule has 0 aliphatic carbocycles. The molecule has 0 radical (unpaired) electrons. The molecule has 5 heteroatoms. The molecule has 2 aromatic heterocycles. The fraction of sp³-hybridized carbons (Fsp3) is 0.100. The van der Waals surface area contributed by atoms with Gasteiger partial charge in [-0.15, -0.1) is 5.10 Å².